The maximum atomic E-state index is 2.30. The summed E-state index contributed by atoms with van der Waals surface area (Å²) in [5, 5.41) is 0. The molecule has 0 aromatic carbocycles. The minimum absolute atomic E-state index is 1.13. The van der Waals surface area contributed by atoms with Gasteiger partial charge in [-0.3, -0.25) is 0 Å². The van der Waals surface area contributed by atoms with Crippen LogP contribution in [0.15, 0.2) is 0 Å². The van der Waals surface area contributed by atoms with Gasteiger partial charge in [0.05, 0.1) is 14.3 Å². The average Bonchev–Trinajstić information content (AvgIpc) is 1.41. The summed E-state index contributed by atoms with van der Waals surface area (Å²) in [6, 6.07) is 0. The van der Waals surface area contributed by atoms with Gasteiger partial charge in [-0.15, -0.1) is 0 Å². The van der Waals surface area contributed by atoms with Gasteiger partial charge in [-0.1, -0.05) is 29.4 Å². The first-order chi connectivity index (χ1) is 2.41. The summed E-state index contributed by atoms with van der Waals surface area (Å²) in [4.78, 5) is 0. The van der Waals surface area contributed by atoms with Crippen LogP contribution in [0.5, 0.6) is 0 Å². The fourth-order valence-corrected chi connectivity index (χ4v) is 0.598. The van der Waals surface area contributed by atoms with Crippen LogP contribution in [-0.4, -0.2) is 18.7 Å². The molecule has 0 nitrogen and oxygen atoms in total. The highest BCUT2D eigenvalue weighted by Crippen LogP contribution is 1.72. The minimum atomic E-state index is 1.13. The molecule has 0 amide bonds. The lowest BCUT2D eigenvalue weighted by Gasteiger charge is -1.72. The molecule has 0 N–H and O–H groups in total. The molecule has 2 radical (unpaired) electrons. The molecule has 0 aliphatic rings. The summed E-state index contributed by atoms with van der Waals surface area (Å²) in [7, 11) is 4.16. The standard InChI is InChI=1S/C2H5B2I/c1-3-4-2-5/h2H2,1H3. The third kappa shape index (κ3) is 4.86. The molecule has 0 rings (SSSR count). The minimum Gasteiger partial charge on any atom is -0.0999 e. The summed E-state index contributed by atoms with van der Waals surface area (Å²) in [6.07, 6.45) is 0. The maximum Gasteiger partial charge on any atom is 0.0781 e. The van der Waals surface area contributed by atoms with Gasteiger partial charge in [0.15, 0.2) is 0 Å². The van der Waals surface area contributed by atoms with Gasteiger partial charge in [0.25, 0.3) is 0 Å². The number of halogens is 1. The second kappa shape index (κ2) is 4.86. The lowest BCUT2D eigenvalue weighted by atomic mass is 9.43. The van der Waals surface area contributed by atoms with Crippen LogP contribution >= 0.6 is 22.6 Å². The zero-order valence-corrected chi connectivity index (χ0v) is 5.40. The van der Waals surface area contributed by atoms with Crippen molar-refractivity contribution in [2.45, 2.75) is 6.82 Å². The van der Waals surface area contributed by atoms with E-state index in [1.807, 2.05) is 14.0 Å². The fraction of sp³-hybridized carbons (Fsp3) is 1.00. The van der Waals surface area contributed by atoms with Gasteiger partial charge in [0.1, 0.15) is 0 Å². The predicted octanol–water partition coefficient (Wildman–Crippen LogP) is 0.750. The molecule has 0 aliphatic heterocycles. The van der Waals surface area contributed by atoms with Crippen LogP contribution < -0.4 is 0 Å². The van der Waals surface area contributed by atoms with Gasteiger partial charge in [-0.2, -0.15) is 0 Å². The monoisotopic (exact) mass is 178 g/mol. The van der Waals surface area contributed by atoms with E-state index in [-0.39, 0.29) is 0 Å². The Hall–Kier alpha value is 0.860. The van der Waals surface area contributed by atoms with Crippen molar-refractivity contribution in [2.24, 2.45) is 0 Å². The molecule has 0 aromatic heterocycles. The topological polar surface area (TPSA) is 0 Å². The molecule has 5 heavy (non-hydrogen) atoms. The maximum absolute atomic E-state index is 2.30. The predicted molar refractivity (Wildman–Crippen MR) is 36.3 cm³/mol. The van der Waals surface area contributed by atoms with Gasteiger partial charge >= 0.3 is 0 Å². The first-order valence-corrected chi connectivity index (χ1v) is 3.11. The van der Waals surface area contributed by atoms with Crippen LogP contribution in [0.4, 0.5) is 0 Å². The Kier molecular flexibility index (Phi) is 5.70. The van der Waals surface area contributed by atoms with Crippen LogP contribution in [0, 0.1) is 0 Å². The smallest absolute Gasteiger partial charge is 0.0781 e. The van der Waals surface area contributed by atoms with Crippen LogP contribution in [0.2, 0.25) is 6.82 Å². The Bertz CT molecular complexity index is 15.1. The van der Waals surface area contributed by atoms with E-state index in [0.717, 1.165) is 4.33 Å². The first kappa shape index (κ1) is 5.86. The van der Waals surface area contributed by atoms with Crippen molar-refractivity contribution >= 4 is 36.9 Å². The fourth-order valence-electron chi connectivity index (χ4n) is 0.0891. The van der Waals surface area contributed by atoms with E-state index in [1.165, 1.54) is 0 Å². The van der Waals surface area contributed by atoms with Crippen LogP contribution in [-0.2, 0) is 0 Å². The van der Waals surface area contributed by atoms with Crippen LogP contribution in [0.25, 0.3) is 0 Å². The molecule has 0 fully saturated rings. The second-order valence-electron chi connectivity index (χ2n) is 0.723. The Labute approximate surface area is 48.3 Å². The molecule has 0 aromatic rings. The van der Waals surface area contributed by atoms with Crippen LogP contribution in [0.1, 0.15) is 0 Å². The summed E-state index contributed by atoms with van der Waals surface area (Å²) in [5.74, 6) is 0. The molecule has 0 bridgehead atoms. The Morgan fingerprint density at radius 1 is 1.80 bits per heavy atom. The molecule has 0 atom stereocenters. The lowest BCUT2D eigenvalue weighted by Crippen LogP contribution is -1.97. The van der Waals surface area contributed by atoms with Gasteiger partial charge in [-0.25, -0.2) is 0 Å². The van der Waals surface area contributed by atoms with Crippen molar-refractivity contribution < 1.29 is 0 Å². The highest BCUT2D eigenvalue weighted by atomic mass is 127. The van der Waals surface area contributed by atoms with Gasteiger partial charge in [-0.05, 0) is 4.33 Å². The second-order valence-corrected chi connectivity index (χ2v) is 1.60. The van der Waals surface area contributed by atoms with E-state index in [2.05, 4.69) is 29.8 Å². The number of hydrogen-bond acceptors (Lipinski definition) is 0. The van der Waals surface area contributed by atoms with Crippen molar-refractivity contribution in [3.05, 3.63) is 0 Å². The molecule has 0 spiro atoms. The first-order valence-electron chi connectivity index (χ1n) is 1.59. The molecule has 0 unspecified atom stereocenters. The highest BCUT2D eigenvalue weighted by molar-refractivity contribution is 14.1. The molecule has 26 valence electrons. The molecule has 0 saturated carbocycles. The average molecular weight is 178 g/mol. The van der Waals surface area contributed by atoms with Crippen molar-refractivity contribution in [1.29, 1.82) is 0 Å². The Morgan fingerprint density at radius 3 is 2.40 bits per heavy atom. The largest absolute Gasteiger partial charge is 0.0999 e. The number of alkyl halides is 1. The van der Waals surface area contributed by atoms with Crippen molar-refractivity contribution in [3.63, 3.8) is 0 Å². The van der Waals surface area contributed by atoms with E-state index in [1.54, 1.807) is 0 Å². The molecule has 0 heterocycles. The SMILES string of the molecule is C[B][B]CI. The van der Waals surface area contributed by atoms with Gasteiger partial charge in [0.2, 0.25) is 0 Å². The van der Waals surface area contributed by atoms with Gasteiger partial charge < -0.3 is 0 Å². The molecular weight excluding hydrogens is 173 g/mol. The normalized spacial score (nSPS) is 6.80. The molecule has 3 heteroatoms. The summed E-state index contributed by atoms with van der Waals surface area (Å²) in [6.45, 7) is 2.03. The van der Waals surface area contributed by atoms with E-state index in [4.69, 9.17) is 0 Å². The van der Waals surface area contributed by atoms with Crippen LogP contribution in [0.3, 0.4) is 0 Å². The quantitative estimate of drug-likeness (QED) is 0.332. The molecule has 0 aliphatic carbocycles. The molecule has 0 saturated heterocycles. The zero-order valence-electron chi connectivity index (χ0n) is 3.24. The summed E-state index contributed by atoms with van der Waals surface area (Å²) < 4.78 is 1.13. The van der Waals surface area contributed by atoms with Crippen molar-refractivity contribution in [2.75, 3.05) is 4.33 Å². The van der Waals surface area contributed by atoms with E-state index >= 15 is 0 Å². The van der Waals surface area contributed by atoms with Crippen molar-refractivity contribution in [1.82, 2.24) is 0 Å². The lowest BCUT2D eigenvalue weighted by molar-refractivity contribution is 2.28. The van der Waals surface area contributed by atoms with Crippen molar-refractivity contribution in [3.8, 4) is 0 Å². The van der Waals surface area contributed by atoms with Gasteiger partial charge in [0, 0.05) is 0 Å². The number of hydrogen-bond donors (Lipinski definition) is 0. The molecular formula is C2H5B2I. The summed E-state index contributed by atoms with van der Waals surface area (Å²) in [5.41, 5.74) is 0. The summed E-state index contributed by atoms with van der Waals surface area (Å²) >= 11 is 2.30. The zero-order chi connectivity index (χ0) is 4.12. The van der Waals surface area contributed by atoms with E-state index < -0.39 is 0 Å². The third-order valence-electron chi connectivity index (χ3n) is 0.325. The Balaban J connectivity index is 2.19. The van der Waals surface area contributed by atoms with E-state index in [9.17, 15) is 0 Å². The van der Waals surface area contributed by atoms with E-state index in [0.29, 0.717) is 0 Å². The number of rotatable bonds is 2. The third-order valence-corrected chi connectivity index (χ3v) is 0.833. The Morgan fingerprint density at radius 2 is 2.40 bits per heavy atom. The highest BCUT2D eigenvalue weighted by Gasteiger charge is 1.75.